The summed E-state index contributed by atoms with van der Waals surface area (Å²) in [6.07, 6.45) is -1.84. The third kappa shape index (κ3) is 23.8. The second kappa shape index (κ2) is 31.1. The van der Waals surface area contributed by atoms with Crippen LogP contribution in [0.4, 0.5) is 13.2 Å². The fraction of sp³-hybridized carbons (Fsp3) is 0.673. The van der Waals surface area contributed by atoms with Gasteiger partial charge in [-0.15, -0.1) is 13.2 Å². The van der Waals surface area contributed by atoms with Gasteiger partial charge in [-0.25, -0.2) is 0 Å². The maximum absolute atomic E-state index is 13.6. The van der Waals surface area contributed by atoms with Gasteiger partial charge in [-0.05, 0) is 32.6 Å². The number of alkyl halides is 3. The first-order valence-corrected chi connectivity index (χ1v) is 23.9. The van der Waals surface area contributed by atoms with Crippen molar-refractivity contribution in [1.29, 1.82) is 0 Å². The summed E-state index contributed by atoms with van der Waals surface area (Å²) in [5.74, 6) is -5.81. The molecule has 2 bridgehead atoms. The summed E-state index contributed by atoms with van der Waals surface area (Å²) < 4.78 is 64.5. The largest absolute Gasteiger partial charge is 0.522 e. The summed E-state index contributed by atoms with van der Waals surface area (Å²) in [6, 6.07) is -1.18. The molecule has 19 nitrogen and oxygen atoms in total. The second-order valence-corrected chi connectivity index (χ2v) is 18.3. The molecule has 404 valence electrons. The number of aliphatic hydroxyl groups excluding tert-OH is 9. The van der Waals surface area contributed by atoms with E-state index in [2.05, 4.69) is 10.1 Å². The predicted octanol–water partition coefficient (Wildman–Crippen LogP) is 1.04. The maximum Gasteiger partial charge on any atom is 0.522 e. The Bertz CT molecular complexity index is 1800. The van der Waals surface area contributed by atoms with E-state index in [0.29, 0.717) is 0 Å². The Labute approximate surface area is 412 Å². The van der Waals surface area contributed by atoms with Gasteiger partial charge in [0.15, 0.2) is 12.1 Å². The Morgan fingerprint density at radius 3 is 1.97 bits per heavy atom. The summed E-state index contributed by atoms with van der Waals surface area (Å²) in [5, 5.41) is 111. The lowest BCUT2D eigenvalue weighted by molar-refractivity contribution is -0.324. The number of hydrogen-bond acceptors (Lipinski definition) is 18. The molecule has 0 aromatic heterocycles. The Morgan fingerprint density at radius 1 is 0.746 bits per heavy atom. The van der Waals surface area contributed by atoms with Crippen molar-refractivity contribution in [3.8, 4) is 0 Å². The van der Waals surface area contributed by atoms with E-state index in [1.807, 2.05) is 0 Å². The summed E-state index contributed by atoms with van der Waals surface area (Å²) in [5.41, 5.74) is 5.97. The third-order valence-corrected chi connectivity index (χ3v) is 12.0. The van der Waals surface area contributed by atoms with Crippen LogP contribution in [-0.2, 0) is 33.3 Å². The van der Waals surface area contributed by atoms with Gasteiger partial charge in [0.05, 0.1) is 92.6 Å². The number of carbonyl (C=O) groups is 2. The van der Waals surface area contributed by atoms with Crippen molar-refractivity contribution in [2.45, 2.75) is 176 Å². The minimum absolute atomic E-state index is 0.127. The van der Waals surface area contributed by atoms with Crippen molar-refractivity contribution in [3.63, 3.8) is 0 Å². The zero-order valence-electron chi connectivity index (χ0n) is 40.1. The second-order valence-electron chi connectivity index (χ2n) is 18.3. The van der Waals surface area contributed by atoms with Gasteiger partial charge >= 0.3 is 12.3 Å². The molecule has 0 aromatic rings. The first-order valence-electron chi connectivity index (χ1n) is 23.9. The van der Waals surface area contributed by atoms with Crippen LogP contribution in [0.2, 0.25) is 0 Å². The van der Waals surface area contributed by atoms with E-state index < -0.39 is 148 Å². The lowest BCUT2D eigenvalue weighted by atomic mass is 9.82. The van der Waals surface area contributed by atoms with Crippen LogP contribution in [0.5, 0.6) is 0 Å². The maximum atomic E-state index is 13.6. The molecule has 17 atom stereocenters. The molecule has 3 aliphatic rings. The molecule has 0 aliphatic carbocycles. The Morgan fingerprint density at radius 2 is 1.35 bits per heavy atom. The molecule has 2 saturated heterocycles. The standard InChI is InChI=1S/C49H75F3N2O17/c1-30-16-13-11-9-7-5-3-4-6-8-10-12-14-17-35(70-47-45(64)44(53)40(62)29-67-47)26-41-43(46(65)54-20-15-21-68-49(50,51)52)39(61)28-48(66,71-41)27-34(57)24-38(60)36(58)19-18-32(55)23-33(56)25-42(63)69-31(2)22-37(30)59/h3-14,16-17,30-41,43-45,47,55-62,64,66H,15,18-29,53H2,1-2H3,(H,54,65)/b4-3+,7-5+,8-6+,11-9+,12-10+,16-13+,17-14+/t30-,31-,32?,33+,34?,35?,36?,37-,38?,39-,40+,41-,43+,44-,45-,47-,48?/m0/s1. The fourth-order valence-electron chi connectivity index (χ4n) is 8.10. The minimum Gasteiger partial charge on any atom is -0.462 e. The average molecular weight is 1020 g/mol. The number of fused-ring (bicyclic) bond motifs is 2. The molecule has 3 rings (SSSR count). The number of nitrogens with two attached hydrogens (primary N) is 1. The molecule has 0 saturated carbocycles. The van der Waals surface area contributed by atoms with Crippen LogP contribution >= 0.6 is 0 Å². The topological polar surface area (TPSA) is 321 Å². The highest BCUT2D eigenvalue weighted by Gasteiger charge is 2.50. The fourth-order valence-corrected chi connectivity index (χ4v) is 8.10. The van der Waals surface area contributed by atoms with Gasteiger partial charge in [0, 0.05) is 44.6 Å². The number of halogens is 3. The van der Waals surface area contributed by atoms with Crippen molar-refractivity contribution in [2.24, 2.45) is 17.6 Å². The van der Waals surface area contributed by atoms with E-state index in [0.717, 1.165) is 0 Å². The van der Waals surface area contributed by atoms with Gasteiger partial charge in [-0.3, -0.25) is 14.3 Å². The number of aliphatic hydroxyl groups is 10. The van der Waals surface area contributed by atoms with Crippen LogP contribution in [0.1, 0.15) is 78.1 Å². The number of carbonyl (C=O) groups excluding carboxylic acids is 2. The van der Waals surface area contributed by atoms with Gasteiger partial charge in [-0.1, -0.05) is 92.0 Å². The summed E-state index contributed by atoms with van der Waals surface area (Å²) >= 11 is 0. The number of hydrogen-bond donors (Lipinski definition) is 12. The quantitative estimate of drug-likeness (QED) is 0.125. The van der Waals surface area contributed by atoms with Gasteiger partial charge < -0.3 is 81.1 Å². The molecule has 0 radical (unpaired) electrons. The van der Waals surface area contributed by atoms with E-state index in [-0.39, 0.29) is 57.6 Å². The lowest BCUT2D eigenvalue weighted by Crippen LogP contribution is -2.59. The molecule has 13 N–H and O–H groups in total. The van der Waals surface area contributed by atoms with Crippen molar-refractivity contribution in [3.05, 3.63) is 85.1 Å². The summed E-state index contributed by atoms with van der Waals surface area (Å²) in [4.78, 5) is 26.2. The van der Waals surface area contributed by atoms with Gasteiger partial charge in [0.1, 0.15) is 12.2 Å². The number of cyclic esters (lactones) is 1. The predicted molar refractivity (Wildman–Crippen MR) is 250 cm³/mol. The first-order chi connectivity index (χ1) is 33.5. The number of allylic oxidation sites excluding steroid dienone is 12. The summed E-state index contributed by atoms with van der Waals surface area (Å²) in [7, 11) is 0. The normalized spacial score (nSPS) is 40.8. The first kappa shape index (κ1) is 61.6. The number of nitrogens with one attached hydrogen (secondary N) is 1. The number of ether oxygens (including phenoxy) is 5. The number of amides is 1. The molecule has 2 fully saturated rings. The van der Waals surface area contributed by atoms with E-state index in [4.69, 9.17) is 24.7 Å². The Hall–Kier alpha value is -3.69. The van der Waals surface area contributed by atoms with Crippen molar-refractivity contribution < 1.29 is 97.5 Å². The van der Waals surface area contributed by atoms with Crippen LogP contribution in [-0.4, -0.2) is 180 Å². The SMILES string of the molecule is C[C@H]1C[C@H](O)[C@@H](C)/C=C/C=C/C=C/C=C/C=C/C=C/C=C/C(O[C@@H]2OC[C@@H](O)[C@H](N)[C@@H]2O)C[C@@H]2OC(O)(CC(O)CC(O)C(O)CCC(O)C[C@@H](O)CC(=O)O1)C[C@H](O)[C@H]2C(=O)NCCCOC(F)(F)F. The van der Waals surface area contributed by atoms with Crippen molar-refractivity contribution in [1.82, 2.24) is 5.32 Å². The van der Waals surface area contributed by atoms with Crippen LogP contribution in [0, 0.1) is 11.8 Å². The molecule has 0 spiro atoms. The third-order valence-electron chi connectivity index (χ3n) is 12.0. The number of rotatable bonds is 7. The number of esters is 1. The van der Waals surface area contributed by atoms with Crippen molar-refractivity contribution in [2.75, 3.05) is 19.8 Å². The smallest absolute Gasteiger partial charge is 0.462 e. The van der Waals surface area contributed by atoms with Gasteiger partial charge in [0.25, 0.3) is 0 Å². The van der Waals surface area contributed by atoms with Gasteiger partial charge in [0.2, 0.25) is 5.91 Å². The highest BCUT2D eigenvalue weighted by Crippen LogP contribution is 2.38. The molecular formula is C49H75F3N2O17. The molecule has 1 amide bonds. The zero-order valence-corrected chi connectivity index (χ0v) is 40.1. The zero-order chi connectivity index (χ0) is 52.7. The van der Waals surface area contributed by atoms with Gasteiger partial charge in [-0.2, -0.15) is 0 Å². The molecule has 3 aliphatic heterocycles. The van der Waals surface area contributed by atoms with Crippen molar-refractivity contribution >= 4 is 11.9 Å². The average Bonchev–Trinajstić information content (AvgIpc) is 3.26. The minimum atomic E-state index is -4.90. The molecule has 0 aromatic carbocycles. The van der Waals surface area contributed by atoms with E-state index in [9.17, 15) is 73.8 Å². The molecule has 22 heteroatoms. The highest BCUT2D eigenvalue weighted by atomic mass is 19.4. The molecule has 71 heavy (non-hydrogen) atoms. The van der Waals surface area contributed by atoms with E-state index in [1.54, 1.807) is 92.8 Å². The van der Waals surface area contributed by atoms with E-state index >= 15 is 0 Å². The Kier molecular flexibility index (Phi) is 27.0. The monoisotopic (exact) mass is 1020 g/mol. The molecule has 3 heterocycles. The molecular weight excluding hydrogens is 946 g/mol. The summed E-state index contributed by atoms with van der Waals surface area (Å²) in [6.45, 7) is 2.00. The van der Waals surface area contributed by atoms with E-state index in [1.165, 1.54) is 6.08 Å². The van der Waals surface area contributed by atoms with Crippen LogP contribution in [0.3, 0.4) is 0 Å². The van der Waals surface area contributed by atoms with Crippen LogP contribution in [0.15, 0.2) is 85.1 Å². The lowest BCUT2D eigenvalue weighted by Gasteiger charge is -2.45. The van der Waals surface area contributed by atoms with Crippen LogP contribution in [0.25, 0.3) is 0 Å². The van der Waals surface area contributed by atoms with Crippen LogP contribution < -0.4 is 11.1 Å². The highest BCUT2D eigenvalue weighted by molar-refractivity contribution is 5.80. The molecule has 6 unspecified atom stereocenters. The Balaban J connectivity index is 1.90.